The molecule has 7 heteroatoms. The predicted molar refractivity (Wildman–Crippen MR) is 96.7 cm³/mol. The maximum Gasteiger partial charge on any atom is 0.231 e. The van der Waals surface area contributed by atoms with E-state index in [1.807, 2.05) is 11.1 Å². The number of carbonyl (C=O) groups is 1. The maximum atomic E-state index is 13.1. The lowest BCUT2D eigenvalue weighted by Crippen LogP contribution is -2.56. The number of ether oxygens (including phenoxy) is 1. The molecule has 0 spiro atoms. The quantitative estimate of drug-likeness (QED) is 0.867. The molecule has 134 valence electrons. The highest BCUT2D eigenvalue weighted by atomic mass is 32.1. The van der Waals surface area contributed by atoms with Crippen LogP contribution in [0.5, 0.6) is 0 Å². The molecule has 1 N–H and O–H groups in total. The van der Waals surface area contributed by atoms with Crippen LogP contribution in [0.1, 0.15) is 24.6 Å². The molecule has 3 rings (SSSR count). The molecule has 0 aliphatic carbocycles. The van der Waals surface area contributed by atoms with E-state index in [0.29, 0.717) is 6.61 Å². The Bertz CT molecular complexity index is 543. The molecule has 3 heterocycles. The van der Waals surface area contributed by atoms with Crippen molar-refractivity contribution in [2.45, 2.75) is 26.2 Å². The van der Waals surface area contributed by atoms with Crippen LogP contribution in [0.25, 0.3) is 0 Å². The van der Waals surface area contributed by atoms with E-state index < -0.39 is 0 Å². The lowest BCUT2D eigenvalue weighted by molar-refractivity contribution is -0.147. The van der Waals surface area contributed by atoms with Gasteiger partial charge in [0.05, 0.1) is 12.0 Å². The molecule has 6 nitrogen and oxygen atoms in total. The van der Waals surface area contributed by atoms with E-state index in [2.05, 4.69) is 22.1 Å². The SMILES string of the molecule is CCc1cnc(N2CCN(C(=O)C3(COC)CCNCC3)CC2)s1. The molecule has 0 saturated carbocycles. The van der Waals surface area contributed by atoms with Crippen LogP contribution < -0.4 is 10.2 Å². The third-order valence-electron chi connectivity index (χ3n) is 5.16. The van der Waals surface area contributed by atoms with Gasteiger partial charge in [-0.3, -0.25) is 4.79 Å². The van der Waals surface area contributed by atoms with Crippen molar-refractivity contribution in [2.75, 3.05) is 57.9 Å². The zero-order valence-corrected chi connectivity index (χ0v) is 15.5. The van der Waals surface area contributed by atoms with Crippen LogP contribution in [0.4, 0.5) is 5.13 Å². The highest BCUT2D eigenvalue weighted by Gasteiger charge is 2.42. The van der Waals surface area contributed by atoms with E-state index in [-0.39, 0.29) is 11.3 Å². The van der Waals surface area contributed by atoms with E-state index in [1.54, 1.807) is 18.4 Å². The van der Waals surface area contributed by atoms with E-state index in [9.17, 15) is 4.79 Å². The first-order valence-electron chi connectivity index (χ1n) is 8.87. The van der Waals surface area contributed by atoms with Crippen molar-refractivity contribution in [3.63, 3.8) is 0 Å². The summed E-state index contributed by atoms with van der Waals surface area (Å²) in [4.78, 5) is 23.3. The van der Waals surface area contributed by atoms with Gasteiger partial charge in [0.15, 0.2) is 5.13 Å². The van der Waals surface area contributed by atoms with E-state index in [1.165, 1.54) is 4.88 Å². The number of hydrogen-bond donors (Lipinski definition) is 1. The van der Waals surface area contributed by atoms with Crippen molar-refractivity contribution in [1.29, 1.82) is 0 Å². The van der Waals surface area contributed by atoms with Crippen LogP contribution in [0, 0.1) is 5.41 Å². The number of carbonyl (C=O) groups excluding carboxylic acids is 1. The van der Waals surface area contributed by atoms with Gasteiger partial charge in [0.25, 0.3) is 0 Å². The van der Waals surface area contributed by atoms with Crippen molar-refractivity contribution in [3.8, 4) is 0 Å². The molecular formula is C17H28N4O2S. The largest absolute Gasteiger partial charge is 0.384 e. The topological polar surface area (TPSA) is 57.7 Å². The molecule has 0 unspecified atom stereocenters. The third-order valence-corrected chi connectivity index (χ3v) is 6.36. The molecular weight excluding hydrogens is 324 g/mol. The van der Waals surface area contributed by atoms with Crippen molar-refractivity contribution in [1.82, 2.24) is 15.2 Å². The average molecular weight is 353 g/mol. The Morgan fingerprint density at radius 3 is 2.62 bits per heavy atom. The highest BCUT2D eigenvalue weighted by Crippen LogP contribution is 2.32. The standard InChI is InChI=1S/C17H28N4O2S/c1-3-14-12-19-16(24-14)21-10-8-20(9-11-21)15(22)17(13-23-2)4-6-18-7-5-17/h12,18H,3-11,13H2,1-2H3. The molecule has 0 radical (unpaired) electrons. The molecule has 0 atom stereocenters. The molecule has 0 aromatic carbocycles. The fourth-order valence-corrected chi connectivity index (χ4v) is 4.55. The van der Waals surface area contributed by atoms with Crippen LogP contribution in [0.15, 0.2) is 6.20 Å². The fourth-order valence-electron chi connectivity index (χ4n) is 3.64. The molecule has 24 heavy (non-hydrogen) atoms. The Balaban J connectivity index is 1.61. The Kier molecular flexibility index (Phi) is 5.73. The lowest BCUT2D eigenvalue weighted by Gasteiger charge is -2.42. The van der Waals surface area contributed by atoms with Crippen LogP contribution in [0.2, 0.25) is 0 Å². The summed E-state index contributed by atoms with van der Waals surface area (Å²) < 4.78 is 5.41. The normalized spacial score (nSPS) is 21.1. The Labute approximate surface area is 148 Å². The second kappa shape index (κ2) is 7.80. The summed E-state index contributed by atoms with van der Waals surface area (Å²) >= 11 is 1.77. The Morgan fingerprint density at radius 2 is 2.04 bits per heavy atom. The first-order chi connectivity index (χ1) is 11.7. The average Bonchev–Trinajstić information content (AvgIpc) is 3.11. The minimum atomic E-state index is -0.335. The molecule has 1 aromatic heterocycles. The van der Waals surface area contributed by atoms with Gasteiger partial charge in [-0.25, -0.2) is 4.98 Å². The summed E-state index contributed by atoms with van der Waals surface area (Å²) in [5.74, 6) is 0.277. The van der Waals surface area contributed by atoms with Gasteiger partial charge in [-0.2, -0.15) is 0 Å². The summed E-state index contributed by atoms with van der Waals surface area (Å²) in [6.45, 7) is 7.76. The van der Waals surface area contributed by atoms with Gasteiger partial charge in [0.1, 0.15) is 0 Å². The van der Waals surface area contributed by atoms with Gasteiger partial charge in [-0.15, -0.1) is 11.3 Å². The second-order valence-electron chi connectivity index (χ2n) is 6.71. The van der Waals surface area contributed by atoms with Crippen molar-refractivity contribution < 1.29 is 9.53 Å². The van der Waals surface area contributed by atoms with Gasteiger partial charge in [-0.1, -0.05) is 6.92 Å². The first kappa shape index (κ1) is 17.6. The van der Waals surface area contributed by atoms with Gasteiger partial charge in [-0.05, 0) is 32.4 Å². The number of piperidine rings is 1. The zero-order chi connectivity index (χ0) is 17.0. The minimum Gasteiger partial charge on any atom is -0.384 e. The third kappa shape index (κ3) is 3.58. The van der Waals surface area contributed by atoms with Crippen LogP contribution >= 0.6 is 11.3 Å². The van der Waals surface area contributed by atoms with Crippen LogP contribution in [0.3, 0.4) is 0 Å². The zero-order valence-electron chi connectivity index (χ0n) is 14.7. The summed E-state index contributed by atoms with van der Waals surface area (Å²) in [5, 5.41) is 4.44. The monoisotopic (exact) mass is 352 g/mol. The summed E-state index contributed by atoms with van der Waals surface area (Å²) in [6, 6.07) is 0. The van der Waals surface area contributed by atoms with E-state index >= 15 is 0 Å². The van der Waals surface area contributed by atoms with E-state index in [0.717, 1.165) is 63.7 Å². The van der Waals surface area contributed by atoms with Crippen molar-refractivity contribution >= 4 is 22.4 Å². The van der Waals surface area contributed by atoms with Crippen molar-refractivity contribution in [2.24, 2.45) is 5.41 Å². The van der Waals surface area contributed by atoms with Crippen LogP contribution in [-0.2, 0) is 16.0 Å². The maximum absolute atomic E-state index is 13.1. The van der Waals surface area contributed by atoms with Crippen LogP contribution in [-0.4, -0.2) is 68.8 Å². The number of amides is 1. The lowest BCUT2D eigenvalue weighted by atomic mass is 9.78. The number of thiazole rings is 1. The van der Waals surface area contributed by atoms with Crippen molar-refractivity contribution in [3.05, 3.63) is 11.1 Å². The molecule has 1 aromatic rings. The summed E-state index contributed by atoms with van der Waals surface area (Å²) in [6.07, 6.45) is 4.74. The fraction of sp³-hybridized carbons (Fsp3) is 0.765. The van der Waals surface area contributed by atoms with E-state index in [4.69, 9.17) is 4.74 Å². The Morgan fingerprint density at radius 1 is 1.33 bits per heavy atom. The summed E-state index contributed by atoms with van der Waals surface area (Å²) in [7, 11) is 1.70. The summed E-state index contributed by atoms with van der Waals surface area (Å²) in [5.41, 5.74) is -0.335. The molecule has 2 fully saturated rings. The molecule has 2 saturated heterocycles. The number of rotatable bonds is 5. The molecule has 2 aliphatic heterocycles. The van der Waals surface area contributed by atoms with Gasteiger partial charge < -0.3 is 19.9 Å². The smallest absolute Gasteiger partial charge is 0.231 e. The van der Waals surface area contributed by atoms with Gasteiger partial charge >= 0.3 is 0 Å². The Hall–Kier alpha value is -1.18. The predicted octanol–water partition coefficient (Wildman–Crippen LogP) is 1.37. The first-order valence-corrected chi connectivity index (χ1v) is 9.69. The van der Waals surface area contributed by atoms with Gasteiger partial charge in [0, 0.05) is 44.4 Å². The number of piperazine rings is 1. The van der Waals surface area contributed by atoms with Gasteiger partial charge in [0.2, 0.25) is 5.91 Å². The minimum absolute atomic E-state index is 0.277. The molecule has 2 aliphatic rings. The number of anilines is 1. The number of aromatic nitrogens is 1. The number of hydrogen-bond acceptors (Lipinski definition) is 6. The number of aryl methyl sites for hydroxylation is 1. The number of nitrogens with zero attached hydrogens (tertiary/aromatic N) is 3. The molecule has 1 amide bonds. The highest BCUT2D eigenvalue weighted by molar-refractivity contribution is 7.15. The second-order valence-corrected chi connectivity index (χ2v) is 7.80. The molecule has 0 bridgehead atoms. The number of methoxy groups -OCH3 is 1. The number of nitrogens with one attached hydrogen (secondary N) is 1.